The Hall–Kier alpha value is -7.42. The van der Waals surface area contributed by atoms with E-state index in [0.717, 1.165) is 19.1 Å². The third-order valence-electron chi connectivity index (χ3n) is 9.13. The van der Waals surface area contributed by atoms with E-state index < -0.39 is 126 Å². The zero-order valence-electron chi connectivity index (χ0n) is 33.2. The number of ether oxygens (including phenoxy) is 1. The average molecular weight is 851 g/mol. The summed E-state index contributed by atoms with van der Waals surface area (Å²) in [5, 5.41) is 59.6. The number of anilines is 1. The van der Waals surface area contributed by atoms with E-state index in [1.54, 1.807) is 44.2 Å². The molecule has 21 nitrogen and oxygen atoms in total. The second-order valence-corrected chi connectivity index (χ2v) is 14.0. The van der Waals surface area contributed by atoms with E-state index in [1.807, 2.05) is 0 Å². The molecule has 0 saturated heterocycles. The lowest BCUT2D eigenvalue weighted by Gasteiger charge is -2.27. The smallest absolute Gasteiger partial charge is 0.339 e. The van der Waals surface area contributed by atoms with Crippen molar-refractivity contribution in [2.24, 2.45) is 0 Å². The Morgan fingerprint density at radius 3 is 1.95 bits per heavy atom. The molecular weight excluding hydrogens is 804 g/mol. The van der Waals surface area contributed by atoms with E-state index in [1.165, 1.54) is 18.2 Å². The number of carboxylic acid groups (broad SMARTS) is 2. The van der Waals surface area contributed by atoms with E-state index in [-0.39, 0.29) is 17.5 Å². The van der Waals surface area contributed by atoms with Crippen molar-refractivity contribution < 1.29 is 68.4 Å². The Morgan fingerprint density at radius 1 is 0.787 bits per heavy atom. The number of rotatable bonds is 22. The second-order valence-electron chi connectivity index (χ2n) is 14.0. The number of Topliss-reactive ketones (excluding diaryl/α,β-unsaturated/α-hetero) is 1. The molecule has 0 aromatic heterocycles. The number of hydrogen-bond acceptors (Lipinski definition) is 14. The highest BCUT2D eigenvalue weighted by Crippen LogP contribution is 2.26. The molecule has 0 fully saturated rings. The molecule has 0 radical (unpaired) electrons. The molecule has 5 atom stereocenters. The van der Waals surface area contributed by atoms with Gasteiger partial charge in [0.15, 0.2) is 18.1 Å². The lowest BCUT2D eigenvalue weighted by atomic mass is 10.0. The Kier molecular flexibility index (Phi) is 17.4. The topological polar surface area (TPSA) is 344 Å². The quantitative estimate of drug-likeness (QED) is 0.0285. The van der Waals surface area contributed by atoms with Gasteiger partial charge in [-0.25, -0.2) is 4.79 Å². The third-order valence-corrected chi connectivity index (χ3v) is 9.13. The van der Waals surface area contributed by atoms with Gasteiger partial charge in [-0.05, 0) is 67.6 Å². The van der Waals surface area contributed by atoms with E-state index in [9.17, 15) is 68.9 Å². The Labute approximate surface area is 347 Å². The molecule has 0 heterocycles. The van der Waals surface area contributed by atoms with Crippen LogP contribution in [0.15, 0.2) is 60.7 Å². The highest BCUT2D eigenvalue weighted by molar-refractivity contribution is 5.99. The largest absolute Gasteiger partial charge is 0.502 e. The van der Waals surface area contributed by atoms with Crippen molar-refractivity contribution in [1.82, 2.24) is 21.3 Å². The van der Waals surface area contributed by atoms with Crippen LogP contribution in [-0.2, 0) is 51.1 Å². The van der Waals surface area contributed by atoms with E-state index in [2.05, 4.69) is 21.3 Å². The summed E-state index contributed by atoms with van der Waals surface area (Å²) < 4.78 is 5.11. The number of amides is 4. The van der Waals surface area contributed by atoms with Crippen molar-refractivity contribution in [1.29, 1.82) is 0 Å². The Morgan fingerprint density at radius 2 is 1.38 bits per heavy atom. The van der Waals surface area contributed by atoms with Crippen LogP contribution >= 0.6 is 0 Å². The molecule has 3 aromatic carbocycles. The Bertz CT molecular complexity index is 2140. The van der Waals surface area contributed by atoms with Gasteiger partial charge >= 0.3 is 23.6 Å². The lowest BCUT2D eigenvalue weighted by molar-refractivity contribution is -0.385. The fourth-order valence-corrected chi connectivity index (χ4v) is 5.95. The number of nitrogens with one attached hydrogen (secondary N) is 4. The summed E-state index contributed by atoms with van der Waals surface area (Å²) in [6.45, 7) is 3.39. The fourth-order valence-electron chi connectivity index (χ4n) is 5.95. The standard InChI is InChI=1S/C40H46N6O15/c1-20-5-4-6-21(2)35(20)40(58)61-19-31(49)27(18-34(53)54)44-39(57)36(22(3)47)45-37(55)26(12-14-33(51)52)43-38(56)28(15-23-7-10-25(41)11-8-23)42-32(50)17-24-9-13-30(48)29(16-24)46(59)60/h4-11,13,16,22,26-28,36,47-48H,12,14-15,17-19,41H2,1-3H3,(H,42,50)(H,43,56)(H,44,57)(H,45,55)(H,51,52)(H,53,54)/t22?,26-,27-,28-,36-/m0/s1. The fraction of sp³-hybridized carbons (Fsp3) is 0.350. The summed E-state index contributed by atoms with van der Waals surface area (Å²) in [5.41, 5.74) is 7.31. The van der Waals surface area contributed by atoms with E-state index in [4.69, 9.17) is 10.5 Å². The summed E-state index contributed by atoms with van der Waals surface area (Å²) in [4.78, 5) is 114. The van der Waals surface area contributed by atoms with E-state index >= 15 is 0 Å². The van der Waals surface area contributed by atoms with Crippen LogP contribution < -0.4 is 27.0 Å². The van der Waals surface area contributed by atoms with Crippen molar-refractivity contribution >= 4 is 58.7 Å². The normalized spacial score (nSPS) is 13.2. The number of phenolic OH excluding ortho intramolecular Hbond substituents is 1. The van der Waals surface area contributed by atoms with Crippen molar-refractivity contribution in [3.63, 3.8) is 0 Å². The van der Waals surface area contributed by atoms with Gasteiger partial charge in [0.1, 0.15) is 24.2 Å². The van der Waals surface area contributed by atoms with Gasteiger partial charge in [0.05, 0.1) is 29.4 Å². The number of aliphatic hydroxyl groups is 1. The number of phenols is 1. The zero-order chi connectivity index (χ0) is 45.6. The summed E-state index contributed by atoms with van der Waals surface area (Å²) >= 11 is 0. The highest BCUT2D eigenvalue weighted by atomic mass is 16.6. The number of nitro groups is 1. The minimum atomic E-state index is -1.92. The van der Waals surface area contributed by atoms with Crippen LogP contribution in [0.2, 0.25) is 0 Å². The molecule has 4 amide bonds. The maximum absolute atomic E-state index is 13.8. The number of hydrogen-bond donors (Lipinski definition) is 9. The SMILES string of the molecule is Cc1cccc(C)c1C(=O)OCC(=O)[C@H](CC(=O)O)NC(=O)[C@@H](NC(=O)[C@H](CCC(=O)O)NC(=O)[C@H](Cc1ccc(N)cc1)NC(=O)Cc1ccc(O)c([N+](=O)[O-])c1)C(C)O. The highest BCUT2D eigenvalue weighted by Gasteiger charge is 2.35. The maximum atomic E-state index is 13.8. The minimum absolute atomic E-state index is 0.0976. The molecule has 0 bridgehead atoms. The number of aliphatic hydroxyl groups excluding tert-OH is 1. The van der Waals surface area contributed by atoms with Crippen molar-refractivity contribution in [2.75, 3.05) is 12.3 Å². The molecular formula is C40H46N6O15. The van der Waals surface area contributed by atoms with Crippen LogP contribution in [-0.4, -0.2) is 110 Å². The summed E-state index contributed by atoms with van der Waals surface area (Å²) in [7, 11) is 0. The number of nitrogens with zero attached hydrogens (tertiary/aromatic N) is 1. The van der Waals surface area contributed by atoms with Crippen LogP contribution in [0.1, 0.15) is 58.8 Å². The average Bonchev–Trinajstić information content (AvgIpc) is 3.17. The molecule has 1 unspecified atom stereocenters. The number of nitro benzene ring substituents is 1. The monoisotopic (exact) mass is 850 g/mol. The van der Waals surface area contributed by atoms with Gasteiger partial charge in [-0.15, -0.1) is 0 Å². The van der Waals surface area contributed by atoms with Gasteiger partial charge < -0.3 is 52.2 Å². The first kappa shape index (κ1) is 48.0. The lowest BCUT2D eigenvalue weighted by Crippen LogP contribution is -2.60. The first-order chi connectivity index (χ1) is 28.7. The maximum Gasteiger partial charge on any atom is 0.339 e. The zero-order valence-corrected chi connectivity index (χ0v) is 33.2. The molecule has 61 heavy (non-hydrogen) atoms. The van der Waals surface area contributed by atoms with E-state index in [0.29, 0.717) is 22.4 Å². The summed E-state index contributed by atoms with van der Waals surface area (Å²) in [6, 6.07) is 7.39. The molecule has 0 saturated carbocycles. The molecule has 0 spiro atoms. The van der Waals surface area contributed by atoms with Crippen LogP contribution in [0.3, 0.4) is 0 Å². The minimum Gasteiger partial charge on any atom is -0.502 e. The third kappa shape index (κ3) is 14.7. The molecule has 0 aliphatic carbocycles. The molecule has 21 heteroatoms. The van der Waals surface area contributed by atoms with Crippen LogP contribution in [0.25, 0.3) is 0 Å². The number of aliphatic carboxylic acids is 2. The Balaban J connectivity index is 1.82. The number of aromatic hydroxyl groups is 1. The van der Waals surface area contributed by atoms with Gasteiger partial charge in [0.25, 0.3) is 0 Å². The number of benzene rings is 3. The predicted molar refractivity (Wildman–Crippen MR) is 213 cm³/mol. The summed E-state index contributed by atoms with van der Waals surface area (Å²) in [5.74, 6) is -9.81. The molecule has 326 valence electrons. The van der Waals surface area contributed by atoms with Crippen LogP contribution in [0.4, 0.5) is 11.4 Å². The van der Waals surface area contributed by atoms with Gasteiger partial charge in [-0.2, -0.15) is 0 Å². The first-order valence-corrected chi connectivity index (χ1v) is 18.6. The van der Waals surface area contributed by atoms with Crippen molar-refractivity contribution in [2.45, 2.75) is 83.1 Å². The molecule has 3 aromatic rings. The number of carbonyl (C=O) groups excluding carboxylic acids is 6. The molecule has 0 aliphatic rings. The number of carboxylic acids is 2. The van der Waals surface area contributed by atoms with Crippen LogP contribution in [0, 0.1) is 24.0 Å². The molecule has 0 aliphatic heterocycles. The molecule has 3 rings (SSSR count). The van der Waals surface area contributed by atoms with Crippen LogP contribution in [0.5, 0.6) is 5.75 Å². The number of carbonyl (C=O) groups is 8. The van der Waals surface area contributed by atoms with Gasteiger partial charge in [0, 0.05) is 24.6 Å². The molecule has 10 N–H and O–H groups in total. The predicted octanol–water partition coefficient (Wildman–Crippen LogP) is 0.370. The number of ketones is 1. The van der Waals surface area contributed by atoms with Gasteiger partial charge in [0.2, 0.25) is 23.6 Å². The number of aryl methyl sites for hydroxylation is 2. The summed E-state index contributed by atoms with van der Waals surface area (Å²) in [6.07, 6.45) is -4.70. The van der Waals surface area contributed by atoms with Gasteiger partial charge in [-0.3, -0.25) is 43.7 Å². The number of nitrogens with two attached hydrogens (primary N) is 1. The first-order valence-electron chi connectivity index (χ1n) is 18.6. The second kappa shape index (κ2) is 22.1. The van der Waals surface area contributed by atoms with Crippen molar-refractivity contribution in [3.8, 4) is 5.75 Å². The van der Waals surface area contributed by atoms with Crippen molar-refractivity contribution in [3.05, 3.63) is 98.6 Å². The number of nitrogen functional groups attached to an aromatic ring is 1. The number of esters is 1. The van der Waals surface area contributed by atoms with Gasteiger partial charge in [-0.1, -0.05) is 36.4 Å².